The molecule has 0 atom stereocenters. The molecule has 1 amide bonds. The van der Waals surface area contributed by atoms with Gasteiger partial charge in [0.15, 0.2) is 0 Å². The third-order valence-corrected chi connectivity index (χ3v) is 7.93. The van der Waals surface area contributed by atoms with Crippen molar-refractivity contribution < 1.29 is 17.6 Å². The Balaban J connectivity index is 2.10. The highest BCUT2D eigenvalue weighted by atomic mass is 32.2. The fourth-order valence-corrected chi connectivity index (χ4v) is 4.75. The number of amides is 1. The van der Waals surface area contributed by atoms with Gasteiger partial charge in [0.2, 0.25) is 10.0 Å². The van der Waals surface area contributed by atoms with Crippen LogP contribution in [0.1, 0.15) is 48.1 Å². The summed E-state index contributed by atoms with van der Waals surface area (Å²) >= 11 is 0. The first kappa shape index (κ1) is 25.4. The first-order chi connectivity index (χ1) is 17.0. The lowest BCUT2D eigenvalue weighted by Gasteiger charge is -2.15. The largest absolute Gasteiger partial charge is 0.331 e. The molecule has 2 aromatic carbocycles. The highest BCUT2D eigenvalue weighted by Gasteiger charge is 2.29. The monoisotopic (exact) mass is 509 g/mol. The van der Waals surface area contributed by atoms with Crippen LogP contribution in [-0.2, 0) is 23.0 Å². The molecule has 7 nitrogen and oxygen atoms in total. The Bertz CT molecular complexity index is 1630. The van der Waals surface area contributed by atoms with E-state index in [-0.39, 0.29) is 17.8 Å². The molecule has 0 saturated carbocycles. The fraction of sp³-hybridized carbons (Fsp3) is 0.259. The van der Waals surface area contributed by atoms with E-state index in [9.17, 15) is 22.4 Å². The van der Waals surface area contributed by atoms with Crippen LogP contribution in [0.4, 0.5) is 4.39 Å². The van der Waals surface area contributed by atoms with E-state index in [0.717, 1.165) is 5.56 Å². The number of sulfonamides is 1. The van der Waals surface area contributed by atoms with Crippen molar-refractivity contribution in [1.29, 1.82) is 0 Å². The van der Waals surface area contributed by atoms with Gasteiger partial charge in [-0.15, -0.1) is 0 Å². The maximum Gasteiger partial charge on any atom is 0.282 e. The fourth-order valence-electron chi connectivity index (χ4n) is 4.16. The van der Waals surface area contributed by atoms with E-state index >= 15 is 0 Å². The predicted octanol–water partition coefficient (Wildman–Crippen LogP) is 4.52. The predicted molar refractivity (Wildman–Crippen MR) is 139 cm³/mol. The topological polar surface area (TPSA) is 101 Å². The molecule has 0 aliphatic rings. The standard InChI is InChI=1S/C27H28FN3O4S/c1-5-18-11-13-23-21(14-18)24(20-12-10-17(4)29-26(20)32)25(27(33)30-36(34,35)16(2)3)31(23)15-19-8-6-7-9-22(19)28/h6-14,16H,5,15H2,1-4H3,(H,29,32)(H,30,33). The second-order valence-electron chi connectivity index (χ2n) is 9.02. The van der Waals surface area contributed by atoms with E-state index in [2.05, 4.69) is 9.71 Å². The quantitative estimate of drug-likeness (QED) is 0.382. The number of aryl methyl sites for hydroxylation is 2. The van der Waals surface area contributed by atoms with Crippen molar-refractivity contribution in [2.24, 2.45) is 0 Å². The van der Waals surface area contributed by atoms with Crippen molar-refractivity contribution in [3.05, 3.63) is 93.3 Å². The Hall–Kier alpha value is -3.72. The molecule has 2 aromatic heterocycles. The lowest BCUT2D eigenvalue weighted by atomic mass is 10.0. The van der Waals surface area contributed by atoms with Gasteiger partial charge in [0, 0.05) is 33.3 Å². The molecule has 2 heterocycles. The molecular formula is C27H28FN3O4S. The average molecular weight is 510 g/mol. The minimum absolute atomic E-state index is 0.0277. The van der Waals surface area contributed by atoms with Crippen molar-refractivity contribution in [2.75, 3.05) is 0 Å². The van der Waals surface area contributed by atoms with Crippen LogP contribution in [0, 0.1) is 12.7 Å². The first-order valence-corrected chi connectivity index (χ1v) is 13.2. The van der Waals surface area contributed by atoms with Gasteiger partial charge in [0.1, 0.15) is 11.5 Å². The minimum Gasteiger partial charge on any atom is -0.331 e. The van der Waals surface area contributed by atoms with Gasteiger partial charge in [-0.25, -0.2) is 17.5 Å². The van der Waals surface area contributed by atoms with Crippen LogP contribution in [0.5, 0.6) is 0 Å². The van der Waals surface area contributed by atoms with Crippen LogP contribution in [-0.4, -0.2) is 29.1 Å². The summed E-state index contributed by atoms with van der Waals surface area (Å²) in [5.41, 5.74) is 2.59. The summed E-state index contributed by atoms with van der Waals surface area (Å²) in [6.07, 6.45) is 0.710. The number of aromatic nitrogens is 2. The van der Waals surface area contributed by atoms with Crippen LogP contribution in [0.2, 0.25) is 0 Å². The summed E-state index contributed by atoms with van der Waals surface area (Å²) in [5, 5.41) is -0.254. The number of hydrogen-bond acceptors (Lipinski definition) is 4. The molecule has 0 aliphatic heterocycles. The van der Waals surface area contributed by atoms with Crippen LogP contribution in [0.15, 0.2) is 59.4 Å². The number of aromatic amines is 1. The number of pyridine rings is 1. The SMILES string of the molecule is CCc1ccc2c(c1)c(-c1ccc(C)[nH]c1=O)c(C(=O)NS(=O)(=O)C(C)C)n2Cc1ccccc1F. The van der Waals surface area contributed by atoms with Gasteiger partial charge in [0.05, 0.1) is 11.8 Å². The molecule has 4 rings (SSSR count). The van der Waals surface area contributed by atoms with Crippen LogP contribution in [0.25, 0.3) is 22.0 Å². The molecule has 4 aromatic rings. The molecule has 36 heavy (non-hydrogen) atoms. The summed E-state index contributed by atoms with van der Waals surface area (Å²) in [7, 11) is -3.98. The Morgan fingerprint density at radius 1 is 1.11 bits per heavy atom. The third kappa shape index (κ3) is 4.70. The number of carbonyl (C=O) groups excluding carboxylic acids is 1. The molecule has 0 spiro atoms. The zero-order chi connectivity index (χ0) is 26.2. The summed E-state index contributed by atoms with van der Waals surface area (Å²) in [6, 6.07) is 15.1. The van der Waals surface area contributed by atoms with Crippen molar-refractivity contribution in [3.63, 3.8) is 0 Å². The van der Waals surface area contributed by atoms with Crippen molar-refractivity contribution >= 4 is 26.8 Å². The maximum absolute atomic E-state index is 14.7. The summed E-state index contributed by atoms with van der Waals surface area (Å²) in [4.78, 5) is 29.5. The first-order valence-electron chi connectivity index (χ1n) is 11.7. The second kappa shape index (κ2) is 9.73. The number of halogens is 1. The van der Waals surface area contributed by atoms with E-state index in [1.165, 1.54) is 19.9 Å². The molecule has 9 heteroatoms. The summed E-state index contributed by atoms with van der Waals surface area (Å²) < 4.78 is 43.7. The Kier molecular flexibility index (Phi) is 6.86. The highest BCUT2D eigenvalue weighted by molar-refractivity contribution is 7.90. The number of carbonyl (C=O) groups is 1. The number of nitrogens with one attached hydrogen (secondary N) is 2. The molecule has 0 saturated heterocycles. The molecule has 0 bridgehead atoms. The Morgan fingerprint density at radius 2 is 1.83 bits per heavy atom. The van der Waals surface area contributed by atoms with Crippen molar-refractivity contribution in [2.45, 2.75) is 45.9 Å². The molecule has 0 aliphatic carbocycles. The van der Waals surface area contributed by atoms with Gasteiger partial charge in [-0.05, 0) is 63.1 Å². The number of fused-ring (bicyclic) bond motifs is 1. The number of rotatable bonds is 7. The lowest BCUT2D eigenvalue weighted by Crippen LogP contribution is -2.37. The van der Waals surface area contributed by atoms with E-state index in [4.69, 9.17) is 0 Å². The van der Waals surface area contributed by atoms with Gasteiger partial charge in [-0.3, -0.25) is 9.59 Å². The summed E-state index contributed by atoms with van der Waals surface area (Å²) in [6.45, 7) is 6.61. The van der Waals surface area contributed by atoms with Gasteiger partial charge in [-0.1, -0.05) is 31.2 Å². The van der Waals surface area contributed by atoms with E-state index < -0.39 is 32.6 Å². The van der Waals surface area contributed by atoms with Gasteiger partial charge < -0.3 is 9.55 Å². The lowest BCUT2D eigenvalue weighted by molar-refractivity contribution is 0.0973. The molecule has 0 radical (unpaired) electrons. The van der Waals surface area contributed by atoms with E-state index in [1.54, 1.807) is 41.8 Å². The number of H-pyrrole nitrogens is 1. The van der Waals surface area contributed by atoms with Crippen LogP contribution < -0.4 is 10.3 Å². The maximum atomic E-state index is 14.7. The second-order valence-corrected chi connectivity index (χ2v) is 11.3. The number of nitrogens with zero attached hydrogens (tertiary/aromatic N) is 1. The van der Waals surface area contributed by atoms with E-state index in [1.807, 2.05) is 25.1 Å². The molecule has 0 fully saturated rings. The van der Waals surface area contributed by atoms with Gasteiger partial charge >= 0.3 is 0 Å². The van der Waals surface area contributed by atoms with Crippen molar-refractivity contribution in [1.82, 2.24) is 14.3 Å². The zero-order valence-electron chi connectivity index (χ0n) is 20.6. The summed E-state index contributed by atoms with van der Waals surface area (Å²) in [5.74, 6) is -1.34. The molecule has 0 unspecified atom stereocenters. The molecule has 188 valence electrons. The van der Waals surface area contributed by atoms with Crippen LogP contribution in [0.3, 0.4) is 0 Å². The van der Waals surface area contributed by atoms with E-state index in [0.29, 0.717) is 34.1 Å². The van der Waals surface area contributed by atoms with Crippen LogP contribution >= 0.6 is 0 Å². The molecule has 2 N–H and O–H groups in total. The van der Waals surface area contributed by atoms with Gasteiger partial charge in [-0.2, -0.15) is 0 Å². The average Bonchev–Trinajstić information content (AvgIpc) is 3.13. The Labute approximate surface area is 209 Å². The highest BCUT2D eigenvalue weighted by Crippen LogP contribution is 2.35. The number of hydrogen-bond donors (Lipinski definition) is 2. The number of benzene rings is 2. The van der Waals surface area contributed by atoms with Crippen molar-refractivity contribution in [3.8, 4) is 11.1 Å². The normalized spacial score (nSPS) is 11.8. The van der Waals surface area contributed by atoms with Gasteiger partial charge in [0.25, 0.3) is 11.5 Å². The minimum atomic E-state index is -3.98. The Morgan fingerprint density at radius 3 is 2.47 bits per heavy atom. The smallest absolute Gasteiger partial charge is 0.282 e. The third-order valence-electron chi connectivity index (χ3n) is 6.22. The zero-order valence-corrected chi connectivity index (χ0v) is 21.4. The molecular weight excluding hydrogens is 481 g/mol.